The van der Waals surface area contributed by atoms with Crippen LogP contribution in [0.2, 0.25) is 0 Å². The van der Waals surface area contributed by atoms with E-state index in [2.05, 4.69) is 44.8 Å². The Hall–Kier alpha value is -1.10. The maximum Gasteiger partial charge on any atom is 0.134 e. The molecule has 1 aromatic carbocycles. The lowest BCUT2D eigenvalue weighted by Gasteiger charge is -2.11. The van der Waals surface area contributed by atoms with E-state index in [1.807, 2.05) is 25.2 Å². The molecule has 0 saturated carbocycles. The third-order valence-electron chi connectivity index (χ3n) is 2.94. The summed E-state index contributed by atoms with van der Waals surface area (Å²) >= 11 is 5.18. The van der Waals surface area contributed by atoms with Crippen LogP contribution in [0, 0.1) is 0 Å². The van der Waals surface area contributed by atoms with Gasteiger partial charge in [-0.1, -0.05) is 18.2 Å². The predicted octanol–water partition coefficient (Wildman–Crippen LogP) is 4.57. The van der Waals surface area contributed by atoms with Crippen molar-refractivity contribution < 1.29 is 4.42 Å². The van der Waals surface area contributed by atoms with E-state index in [0.29, 0.717) is 0 Å². The number of fused-ring (bicyclic) bond motifs is 1. The number of thiophene rings is 1. The molecule has 0 amide bonds. The smallest absolute Gasteiger partial charge is 0.134 e. The fraction of sp³-hybridized carbons (Fsp3) is 0.143. The van der Waals surface area contributed by atoms with Crippen LogP contribution in [-0.2, 0) is 0 Å². The molecule has 0 aliphatic carbocycles. The van der Waals surface area contributed by atoms with E-state index in [0.717, 1.165) is 20.5 Å². The number of halogens is 1. The summed E-state index contributed by atoms with van der Waals surface area (Å²) < 4.78 is 7.04. The molecule has 0 aliphatic heterocycles. The molecule has 0 fully saturated rings. The molecular weight excluding hydrogens is 310 g/mol. The van der Waals surface area contributed by atoms with E-state index in [4.69, 9.17) is 4.42 Å². The van der Waals surface area contributed by atoms with Gasteiger partial charge in [-0.25, -0.2) is 0 Å². The van der Waals surface area contributed by atoms with Gasteiger partial charge in [-0.05, 0) is 52.1 Å². The van der Waals surface area contributed by atoms with Crippen LogP contribution in [0.15, 0.2) is 50.0 Å². The Morgan fingerprint density at radius 3 is 2.78 bits per heavy atom. The zero-order valence-electron chi connectivity index (χ0n) is 9.81. The molecule has 2 heterocycles. The average molecular weight is 322 g/mol. The van der Waals surface area contributed by atoms with Crippen LogP contribution in [0.3, 0.4) is 0 Å². The van der Waals surface area contributed by atoms with Gasteiger partial charge >= 0.3 is 0 Å². The summed E-state index contributed by atoms with van der Waals surface area (Å²) in [6.45, 7) is 0. The fourth-order valence-electron chi connectivity index (χ4n) is 2.09. The molecule has 92 valence electrons. The van der Waals surface area contributed by atoms with Crippen LogP contribution in [0.4, 0.5) is 0 Å². The number of nitrogens with one attached hydrogen (secondary N) is 1. The van der Waals surface area contributed by atoms with E-state index in [9.17, 15) is 0 Å². The largest absolute Gasteiger partial charge is 0.459 e. The minimum absolute atomic E-state index is 0.0972. The van der Waals surface area contributed by atoms with Gasteiger partial charge in [-0.2, -0.15) is 0 Å². The molecule has 3 aromatic rings. The molecule has 1 atom stereocenters. The summed E-state index contributed by atoms with van der Waals surface area (Å²) in [7, 11) is 1.95. The van der Waals surface area contributed by atoms with Crippen LogP contribution < -0.4 is 5.32 Å². The van der Waals surface area contributed by atoms with Crippen LogP contribution in [0.5, 0.6) is 0 Å². The summed E-state index contributed by atoms with van der Waals surface area (Å²) in [4.78, 5) is 0. The molecular formula is C14H12BrNOS. The van der Waals surface area contributed by atoms with Crippen molar-refractivity contribution in [3.63, 3.8) is 0 Å². The Morgan fingerprint density at radius 2 is 2.11 bits per heavy atom. The highest BCUT2D eigenvalue weighted by Gasteiger charge is 2.17. The molecule has 0 aliphatic rings. The molecule has 0 saturated heterocycles. The fourth-order valence-corrected chi connectivity index (χ4v) is 3.29. The molecule has 2 nitrogen and oxygen atoms in total. The van der Waals surface area contributed by atoms with Gasteiger partial charge in [0.15, 0.2) is 0 Å². The minimum atomic E-state index is 0.0972. The molecule has 18 heavy (non-hydrogen) atoms. The summed E-state index contributed by atoms with van der Waals surface area (Å²) in [5.74, 6) is 0.948. The van der Waals surface area contributed by atoms with Crippen LogP contribution in [0.25, 0.3) is 11.0 Å². The Labute approximate surface area is 118 Å². The Morgan fingerprint density at radius 1 is 1.28 bits per heavy atom. The van der Waals surface area contributed by atoms with Gasteiger partial charge in [-0.15, -0.1) is 11.3 Å². The molecule has 3 rings (SSSR count). The van der Waals surface area contributed by atoms with Crippen molar-refractivity contribution in [3.05, 3.63) is 56.9 Å². The second-order valence-electron chi connectivity index (χ2n) is 4.09. The van der Waals surface area contributed by atoms with Crippen LogP contribution in [-0.4, -0.2) is 7.05 Å². The van der Waals surface area contributed by atoms with Crippen molar-refractivity contribution in [1.29, 1.82) is 0 Å². The average Bonchev–Trinajstić information content (AvgIpc) is 2.96. The van der Waals surface area contributed by atoms with Gasteiger partial charge in [-0.3, -0.25) is 0 Å². The highest BCUT2D eigenvalue weighted by molar-refractivity contribution is 9.11. The highest BCUT2D eigenvalue weighted by atomic mass is 79.9. The maximum absolute atomic E-state index is 5.91. The maximum atomic E-state index is 5.91. The van der Waals surface area contributed by atoms with Gasteiger partial charge in [0.1, 0.15) is 11.3 Å². The summed E-state index contributed by atoms with van der Waals surface area (Å²) in [5, 5.41) is 6.58. The Kier molecular flexibility index (Phi) is 3.24. The number of benzene rings is 1. The first-order valence-corrected chi connectivity index (χ1v) is 7.35. The second kappa shape index (κ2) is 4.88. The lowest BCUT2D eigenvalue weighted by Crippen LogP contribution is -2.16. The van der Waals surface area contributed by atoms with Crippen molar-refractivity contribution in [2.75, 3.05) is 7.05 Å². The first kappa shape index (κ1) is 12.0. The quantitative estimate of drug-likeness (QED) is 0.764. The molecule has 2 aromatic heterocycles. The number of para-hydroxylation sites is 1. The number of furan rings is 1. The van der Waals surface area contributed by atoms with Crippen LogP contribution >= 0.6 is 27.3 Å². The lowest BCUT2D eigenvalue weighted by molar-refractivity contribution is 0.492. The van der Waals surface area contributed by atoms with Crippen molar-refractivity contribution in [2.24, 2.45) is 0 Å². The zero-order valence-corrected chi connectivity index (χ0v) is 12.2. The van der Waals surface area contributed by atoms with Crippen molar-refractivity contribution >= 4 is 38.2 Å². The van der Waals surface area contributed by atoms with Gasteiger partial charge in [0.2, 0.25) is 0 Å². The number of rotatable bonds is 3. The molecule has 1 unspecified atom stereocenters. The molecule has 4 heteroatoms. The molecule has 0 bridgehead atoms. The molecule has 1 N–H and O–H groups in total. The zero-order chi connectivity index (χ0) is 12.5. The van der Waals surface area contributed by atoms with Crippen LogP contribution in [0.1, 0.15) is 17.4 Å². The van der Waals surface area contributed by atoms with Crippen molar-refractivity contribution in [2.45, 2.75) is 6.04 Å². The first-order chi connectivity index (χ1) is 8.78. The Balaban J connectivity index is 2.05. The molecule has 0 radical (unpaired) electrons. The Bertz CT molecular complexity index is 640. The van der Waals surface area contributed by atoms with Crippen molar-refractivity contribution in [1.82, 2.24) is 5.32 Å². The monoisotopic (exact) mass is 321 g/mol. The predicted molar refractivity (Wildman–Crippen MR) is 79.1 cm³/mol. The lowest BCUT2D eigenvalue weighted by atomic mass is 10.1. The topological polar surface area (TPSA) is 25.2 Å². The van der Waals surface area contributed by atoms with E-state index < -0.39 is 0 Å². The second-order valence-corrected chi connectivity index (χ2v) is 6.38. The van der Waals surface area contributed by atoms with E-state index in [1.54, 1.807) is 11.3 Å². The minimum Gasteiger partial charge on any atom is -0.459 e. The van der Waals surface area contributed by atoms with E-state index in [1.165, 1.54) is 5.56 Å². The van der Waals surface area contributed by atoms with Gasteiger partial charge in [0.25, 0.3) is 0 Å². The number of hydrogen-bond donors (Lipinski definition) is 1. The van der Waals surface area contributed by atoms with Gasteiger partial charge < -0.3 is 9.73 Å². The molecule has 0 spiro atoms. The van der Waals surface area contributed by atoms with E-state index in [-0.39, 0.29) is 6.04 Å². The SMILES string of the molecule is CNC(c1csc(Br)c1)c1cc2ccccc2o1. The first-order valence-electron chi connectivity index (χ1n) is 5.67. The third-order valence-corrected chi connectivity index (χ3v) is 4.46. The standard InChI is InChI=1S/C14H12BrNOS/c1-16-14(10-7-13(15)18-8-10)12-6-9-4-2-3-5-11(9)17-12/h2-8,14,16H,1H3. The summed E-state index contributed by atoms with van der Waals surface area (Å²) in [6, 6.07) is 12.4. The summed E-state index contributed by atoms with van der Waals surface area (Å²) in [6.07, 6.45) is 0. The van der Waals surface area contributed by atoms with Gasteiger partial charge in [0, 0.05) is 5.39 Å². The van der Waals surface area contributed by atoms with E-state index >= 15 is 0 Å². The highest BCUT2D eigenvalue weighted by Crippen LogP contribution is 2.32. The van der Waals surface area contributed by atoms with Gasteiger partial charge in [0.05, 0.1) is 9.83 Å². The third kappa shape index (κ3) is 2.11. The van der Waals surface area contributed by atoms with Crippen molar-refractivity contribution in [3.8, 4) is 0 Å². The number of hydrogen-bond acceptors (Lipinski definition) is 3. The normalized spacial score (nSPS) is 13.0. The summed E-state index contributed by atoms with van der Waals surface area (Å²) in [5.41, 5.74) is 2.15.